The minimum Gasteiger partial charge on any atom is -0.329 e. The number of nitrogens with zero attached hydrogens (tertiary/aromatic N) is 1. The minimum atomic E-state index is 0.763. The van der Waals surface area contributed by atoms with Crippen LogP contribution < -0.4 is 5.73 Å². The van der Waals surface area contributed by atoms with Crippen LogP contribution in [0.2, 0.25) is 0 Å². The van der Waals surface area contributed by atoms with E-state index in [2.05, 4.69) is 36.1 Å². The Kier molecular flexibility index (Phi) is 4.57. The zero-order chi connectivity index (χ0) is 12.1. The van der Waals surface area contributed by atoms with Gasteiger partial charge in [0.25, 0.3) is 0 Å². The summed E-state index contributed by atoms with van der Waals surface area (Å²) >= 11 is 0. The molecule has 0 spiro atoms. The molecule has 0 aliphatic heterocycles. The van der Waals surface area contributed by atoms with Gasteiger partial charge in [0.2, 0.25) is 0 Å². The van der Waals surface area contributed by atoms with Crippen molar-refractivity contribution in [1.82, 2.24) is 4.90 Å². The topological polar surface area (TPSA) is 29.3 Å². The van der Waals surface area contributed by atoms with E-state index in [0.29, 0.717) is 0 Å². The third kappa shape index (κ3) is 3.55. The molecule has 0 saturated heterocycles. The quantitative estimate of drug-likeness (QED) is 0.845. The Balaban J connectivity index is 2.01. The van der Waals surface area contributed by atoms with Crippen molar-refractivity contribution >= 4 is 0 Å². The normalized spacial score (nSPS) is 16.9. The lowest BCUT2D eigenvalue weighted by Gasteiger charge is -2.28. The van der Waals surface area contributed by atoms with Crippen LogP contribution in [0.5, 0.6) is 0 Å². The maximum atomic E-state index is 5.74. The number of aryl methyl sites for hydroxylation is 1. The molecule has 1 aliphatic rings. The SMILES string of the molecule is Cc1cccc(CN(CCN)C2CCCC2)c1. The Labute approximate surface area is 105 Å². The van der Waals surface area contributed by atoms with E-state index in [1.54, 1.807) is 0 Å². The van der Waals surface area contributed by atoms with Crippen LogP contribution in [0.1, 0.15) is 36.8 Å². The molecule has 1 aromatic rings. The van der Waals surface area contributed by atoms with Crippen molar-refractivity contribution in [2.24, 2.45) is 5.73 Å². The summed E-state index contributed by atoms with van der Waals surface area (Å²) in [7, 11) is 0. The van der Waals surface area contributed by atoms with Crippen LogP contribution in [0.15, 0.2) is 24.3 Å². The number of benzene rings is 1. The Bertz CT molecular complexity index is 343. The zero-order valence-corrected chi connectivity index (χ0v) is 10.9. The molecule has 1 fully saturated rings. The van der Waals surface area contributed by atoms with E-state index in [9.17, 15) is 0 Å². The van der Waals surface area contributed by atoms with E-state index in [4.69, 9.17) is 5.73 Å². The van der Waals surface area contributed by atoms with Crippen molar-refractivity contribution < 1.29 is 0 Å². The molecule has 0 heterocycles. The highest BCUT2D eigenvalue weighted by Crippen LogP contribution is 2.24. The molecule has 2 heteroatoms. The summed E-state index contributed by atoms with van der Waals surface area (Å²) in [5.41, 5.74) is 8.51. The standard InChI is InChI=1S/C15H24N2/c1-13-5-4-6-14(11-13)12-17(10-9-16)15-7-2-3-8-15/h4-6,11,15H,2-3,7-10,12,16H2,1H3. The van der Waals surface area contributed by atoms with E-state index < -0.39 is 0 Å². The maximum Gasteiger partial charge on any atom is 0.0237 e. The molecule has 0 aromatic heterocycles. The summed E-state index contributed by atoms with van der Waals surface area (Å²) < 4.78 is 0. The molecule has 17 heavy (non-hydrogen) atoms. The van der Waals surface area contributed by atoms with Crippen LogP contribution in [-0.4, -0.2) is 24.0 Å². The predicted octanol–water partition coefficient (Wildman–Crippen LogP) is 2.70. The maximum absolute atomic E-state index is 5.74. The molecule has 1 aromatic carbocycles. The summed E-state index contributed by atoms with van der Waals surface area (Å²) in [5.74, 6) is 0. The second kappa shape index (κ2) is 6.18. The fourth-order valence-electron chi connectivity index (χ4n) is 2.87. The third-order valence-corrected chi connectivity index (χ3v) is 3.73. The number of hydrogen-bond donors (Lipinski definition) is 1. The molecule has 2 N–H and O–H groups in total. The minimum absolute atomic E-state index is 0.763. The van der Waals surface area contributed by atoms with E-state index in [1.807, 2.05) is 0 Å². The average molecular weight is 232 g/mol. The lowest BCUT2D eigenvalue weighted by molar-refractivity contribution is 0.195. The van der Waals surface area contributed by atoms with Crippen molar-refractivity contribution in [2.45, 2.75) is 45.2 Å². The summed E-state index contributed by atoms with van der Waals surface area (Å²) in [6, 6.07) is 9.59. The third-order valence-electron chi connectivity index (χ3n) is 3.73. The first kappa shape index (κ1) is 12.6. The van der Waals surface area contributed by atoms with Crippen LogP contribution in [0.25, 0.3) is 0 Å². The fourth-order valence-corrected chi connectivity index (χ4v) is 2.87. The van der Waals surface area contributed by atoms with Gasteiger partial charge in [0.1, 0.15) is 0 Å². The average Bonchev–Trinajstić information content (AvgIpc) is 2.82. The van der Waals surface area contributed by atoms with Crippen molar-refractivity contribution in [3.05, 3.63) is 35.4 Å². The molecule has 94 valence electrons. The molecule has 1 saturated carbocycles. The molecule has 0 amide bonds. The fraction of sp³-hybridized carbons (Fsp3) is 0.600. The van der Waals surface area contributed by atoms with Gasteiger partial charge in [0.05, 0.1) is 0 Å². The summed E-state index contributed by atoms with van der Waals surface area (Å²) in [5, 5.41) is 0. The van der Waals surface area contributed by atoms with E-state index in [1.165, 1.54) is 36.8 Å². The Morgan fingerprint density at radius 3 is 2.71 bits per heavy atom. The van der Waals surface area contributed by atoms with E-state index in [0.717, 1.165) is 25.7 Å². The molecule has 2 rings (SSSR count). The molecular formula is C15H24N2. The van der Waals surface area contributed by atoms with Gasteiger partial charge in [0.15, 0.2) is 0 Å². The zero-order valence-electron chi connectivity index (χ0n) is 10.9. The van der Waals surface area contributed by atoms with Gasteiger partial charge in [0, 0.05) is 25.7 Å². The number of rotatable bonds is 5. The van der Waals surface area contributed by atoms with Crippen LogP contribution in [0.3, 0.4) is 0 Å². The molecule has 0 atom stereocenters. The lowest BCUT2D eigenvalue weighted by atomic mass is 10.1. The largest absolute Gasteiger partial charge is 0.329 e. The highest BCUT2D eigenvalue weighted by molar-refractivity contribution is 5.22. The second-order valence-corrected chi connectivity index (χ2v) is 5.19. The van der Waals surface area contributed by atoms with Gasteiger partial charge in [-0.05, 0) is 25.3 Å². The molecular weight excluding hydrogens is 208 g/mol. The highest BCUT2D eigenvalue weighted by Gasteiger charge is 2.21. The molecule has 1 aliphatic carbocycles. The molecule has 0 bridgehead atoms. The van der Waals surface area contributed by atoms with Crippen molar-refractivity contribution in [1.29, 1.82) is 0 Å². The first-order valence-corrected chi connectivity index (χ1v) is 6.79. The predicted molar refractivity (Wildman–Crippen MR) is 72.9 cm³/mol. The number of nitrogens with two attached hydrogens (primary N) is 1. The Hall–Kier alpha value is -0.860. The first-order chi connectivity index (χ1) is 8.29. The van der Waals surface area contributed by atoms with Crippen molar-refractivity contribution in [2.75, 3.05) is 13.1 Å². The van der Waals surface area contributed by atoms with Crippen LogP contribution in [-0.2, 0) is 6.54 Å². The number of hydrogen-bond acceptors (Lipinski definition) is 2. The first-order valence-electron chi connectivity index (χ1n) is 6.79. The van der Waals surface area contributed by atoms with Crippen LogP contribution in [0.4, 0.5) is 0 Å². The lowest BCUT2D eigenvalue weighted by Crippen LogP contribution is -2.36. The molecule has 2 nitrogen and oxygen atoms in total. The monoisotopic (exact) mass is 232 g/mol. The summed E-state index contributed by atoms with van der Waals surface area (Å²) in [6.45, 7) is 5.01. The smallest absolute Gasteiger partial charge is 0.0237 e. The Morgan fingerprint density at radius 2 is 2.06 bits per heavy atom. The van der Waals surface area contributed by atoms with Gasteiger partial charge in [-0.15, -0.1) is 0 Å². The van der Waals surface area contributed by atoms with Crippen molar-refractivity contribution in [3.63, 3.8) is 0 Å². The van der Waals surface area contributed by atoms with Gasteiger partial charge in [-0.2, -0.15) is 0 Å². The van der Waals surface area contributed by atoms with Crippen molar-refractivity contribution in [3.8, 4) is 0 Å². The highest BCUT2D eigenvalue weighted by atomic mass is 15.2. The van der Waals surface area contributed by atoms with Gasteiger partial charge in [-0.3, -0.25) is 4.90 Å². The van der Waals surface area contributed by atoms with Crippen LogP contribution in [0, 0.1) is 6.92 Å². The van der Waals surface area contributed by atoms with Gasteiger partial charge < -0.3 is 5.73 Å². The molecule has 0 radical (unpaired) electrons. The van der Waals surface area contributed by atoms with E-state index in [-0.39, 0.29) is 0 Å². The summed E-state index contributed by atoms with van der Waals surface area (Å²) in [4.78, 5) is 2.57. The van der Waals surface area contributed by atoms with E-state index >= 15 is 0 Å². The van der Waals surface area contributed by atoms with Gasteiger partial charge >= 0.3 is 0 Å². The summed E-state index contributed by atoms with van der Waals surface area (Å²) in [6.07, 6.45) is 5.48. The van der Waals surface area contributed by atoms with Gasteiger partial charge in [-0.25, -0.2) is 0 Å². The molecule has 0 unspecified atom stereocenters. The Morgan fingerprint density at radius 1 is 1.29 bits per heavy atom. The van der Waals surface area contributed by atoms with Gasteiger partial charge in [-0.1, -0.05) is 42.7 Å². The second-order valence-electron chi connectivity index (χ2n) is 5.19. The van der Waals surface area contributed by atoms with Crippen LogP contribution >= 0.6 is 0 Å².